The Kier molecular flexibility index (Phi) is 5.97. The van der Waals surface area contributed by atoms with Gasteiger partial charge in [0.15, 0.2) is 0 Å². The molecule has 0 fully saturated rings. The van der Waals surface area contributed by atoms with E-state index in [1.807, 2.05) is 24.4 Å². The highest BCUT2D eigenvalue weighted by Crippen LogP contribution is 2.07. The largest absolute Gasteiger partial charge is 0.385 e. The van der Waals surface area contributed by atoms with E-state index >= 15 is 0 Å². The molecule has 0 bridgehead atoms. The second-order valence-electron chi connectivity index (χ2n) is 3.63. The zero-order valence-electron chi connectivity index (χ0n) is 9.57. The summed E-state index contributed by atoms with van der Waals surface area (Å²) in [4.78, 5) is 4.31. The van der Waals surface area contributed by atoms with Crippen molar-refractivity contribution in [2.75, 3.05) is 20.3 Å². The van der Waals surface area contributed by atoms with E-state index in [1.54, 1.807) is 7.11 Å². The molecule has 84 valence electrons. The third-order valence-corrected chi connectivity index (χ3v) is 2.36. The first-order valence-electron chi connectivity index (χ1n) is 5.48. The zero-order valence-corrected chi connectivity index (χ0v) is 9.57. The summed E-state index contributed by atoms with van der Waals surface area (Å²) in [5.41, 5.74) is 1.10. The number of aromatic nitrogens is 1. The Hall–Kier alpha value is -0.930. The SMILES string of the molecule is COCCCCN[C@H](C)c1ccccn1. The van der Waals surface area contributed by atoms with E-state index in [9.17, 15) is 0 Å². The Morgan fingerprint density at radius 3 is 2.93 bits per heavy atom. The average molecular weight is 208 g/mol. The fourth-order valence-electron chi connectivity index (χ4n) is 1.43. The van der Waals surface area contributed by atoms with Gasteiger partial charge in [-0.2, -0.15) is 0 Å². The van der Waals surface area contributed by atoms with Crippen molar-refractivity contribution in [3.63, 3.8) is 0 Å². The van der Waals surface area contributed by atoms with Crippen LogP contribution in [0.2, 0.25) is 0 Å². The molecule has 0 aliphatic heterocycles. The van der Waals surface area contributed by atoms with Gasteiger partial charge in [-0.15, -0.1) is 0 Å². The van der Waals surface area contributed by atoms with Gasteiger partial charge in [-0.1, -0.05) is 6.07 Å². The van der Waals surface area contributed by atoms with Gasteiger partial charge in [0, 0.05) is 26.0 Å². The molecular weight excluding hydrogens is 188 g/mol. The van der Waals surface area contributed by atoms with Crippen LogP contribution >= 0.6 is 0 Å². The highest BCUT2D eigenvalue weighted by atomic mass is 16.5. The van der Waals surface area contributed by atoms with Crippen molar-refractivity contribution in [3.8, 4) is 0 Å². The minimum Gasteiger partial charge on any atom is -0.385 e. The molecule has 3 heteroatoms. The van der Waals surface area contributed by atoms with Gasteiger partial charge in [0.05, 0.1) is 5.69 Å². The van der Waals surface area contributed by atoms with Gasteiger partial charge in [0.25, 0.3) is 0 Å². The van der Waals surface area contributed by atoms with Crippen LogP contribution in [0.25, 0.3) is 0 Å². The molecule has 1 aromatic rings. The smallest absolute Gasteiger partial charge is 0.0570 e. The molecule has 0 radical (unpaired) electrons. The van der Waals surface area contributed by atoms with Gasteiger partial charge >= 0.3 is 0 Å². The quantitative estimate of drug-likeness (QED) is 0.697. The maximum Gasteiger partial charge on any atom is 0.0570 e. The van der Waals surface area contributed by atoms with Crippen LogP contribution in [0.4, 0.5) is 0 Å². The lowest BCUT2D eigenvalue weighted by atomic mass is 10.2. The highest BCUT2D eigenvalue weighted by molar-refractivity contribution is 5.07. The van der Waals surface area contributed by atoms with Gasteiger partial charge in [0.1, 0.15) is 0 Å². The van der Waals surface area contributed by atoms with Crippen molar-refractivity contribution in [1.82, 2.24) is 10.3 Å². The van der Waals surface area contributed by atoms with Crippen LogP contribution in [0.3, 0.4) is 0 Å². The van der Waals surface area contributed by atoms with Gasteiger partial charge in [0.2, 0.25) is 0 Å². The number of ether oxygens (including phenoxy) is 1. The van der Waals surface area contributed by atoms with E-state index in [-0.39, 0.29) is 0 Å². The topological polar surface area (TPSA) is 34.1 Å². The van der Waals surface area contributed by atoms with E-state index in [0.29, 0.717) is 6.04 Å². The first-order valence-corrected chi connectivity index (χ1v) is 5.48. The van der Waals surface area contributed by atoms with Crippen molar-refractivity contribution >= 4 is 0 Å². The summed E-state index contributed by atoms with van der Waals surface area (Å²) in [6.07, 6.45) is 4.09. The maximum atomic E-state index is 4.99. The number of rotatable bonds is 7. The number of nitrogens with one attached hydrogen (secondary N) is 1. The van der Waals surface area contributed by atoms with Gasteiger partial charge < -0.3 is 10.1 Å². The standard InChI is InChI=1S/C12H20N2O/c1-11(12-7-3-4-9-14-12)13-8-5-6-10-15-2/h3-4,7,9,11,13H,5-6,8,10H2,1-2H3/t11-/m1/s1. The molecule has 0 amide bonds. The normalized spacial score (nSPS) is 12.7. The molecule has 3 nitrogen and oxygen atoms in total. The molecule has 0 saturated heterocycles. The van der Waals surface area contributed by atoms with Crippen LogP contribution in [0.5, 0.6) is 0 Å². The van der Waals surface area contributed by atoms with Crippen LogP contribution in [-0.2, 0) is 4.74 Å². The third kappa shape index (κ3) is 4.91. The van der Waals surface area contributed by atoms with Crippen molar-refractivity contribution in [3.05, 3.63) is 30.1 Å². The third-order valence-electron chi connectivity index (χ3n) is 2.36. The molecule has 1 atom stereocenters. The number of methoxy groups -OCH3 is 1. The van der Waals surface area contributed by atoms with Crippen molar-refractivity contribution in [2.24, 2.45) is 0 Å². The molecule has 0 spiro atoms. The Morgan fingerprint density at radius 1 is 1.40 bits per heavy atom. The molecule has 0 aliphatic carbocycles. The van der Waals surface area contributed by atoms with Crippen LogP contribution in [0, 0.1) is 0 Å². The van der Waals surface area contributed by atoms with Crippen LogP contribution < -0.4 is 5.32 Å². The predicted molar refractivity (Wildman–Crippen MR) is 61.8 cm³/mol. The summed E-state index contributed by atoms with van der Waals surface area (Å²) < 4.78 is 4.99. The Labute approximate surface area is 91.9 Å². The number of pyridine rings is 1. The minimum absolute atomic E-state index is 0.328. The molecule has 1 N–H and O–H groups in total. The van der Waals surface area contributed by atoms with E-state index in [4.69, 9.17) is 4.74 Å². The van der Waals surface area contributed by atoms with E-state index in [2.05, 4.69) is 17.2 Å². The lowest BCUT2D eigenvalue weighted by Crippen LogP contribution is -2.20. The molecule has 15 heavy (non-hydrogen) atoms. The molecule has 1 rings (SSSR count). The number of hydrogen-bond donors (Lipinski definition) is 1. The Bertz CT molecular complexity index is 251. The first-order chi connectivity index (χ1) is 7.34. The molecule has 0 unspecified atom stereocenters. The van der Waals surface area contributed by atoms with E-state index < -0.39 is 0 Å². The molecule has 1 aromatic heterocycles. The van der Waals surface area contributed by atoms with Crippen LogP contribution in [-0.4, -0.2) is 25.2 Å². The van der Waals surface area contributed by atoms with Gasteiger partial charge in [-0.25, -0.2) is 0 Å². The first kappa shape index (κ1) is 12.1. The lowest BCUT2D eigenvalue weighted by molar-refractivity contribution is 0.192. The van der Waals surface area contributed by atoms with Crippen LogP contribution in [0.1, 0.15) is 31.5 Å². The summed E-state index contributed by atoms with van der Waals surface area (Å²) in [6, 6.07) is 6.33. The monoisotopic (exact) mass is 208 g/mol. The number of unbranched alkanes of at least 4 members (excludes halogenated alkanes) is 1. The summed E-state index contributed by atoms with van der Waals surface area (Å²) in [7, 11) is 1.74. The maximum absolute atomic E-state index is 4.99. The summed E-state index contributed by atoms with van der Waals surface area (Å²) >= 11 is 0. The molecular formula is C12H20N2O. The molecule has 1 heterocycles. The Morgan fingerprint density at radius 2 is 2.27 bits per heavy atom. The summed E-state index contributed by atoms with van der Waals surface area (Å²) in [5.74, 6) is 0. The molecule has 0 aromatic carbocycles. The van der Waals surface area contributed by atoms with E-state index in [1.165, 1.54) is 0 Å². The van der Waals surface area contributed by atoms with Gasteiger partial charge in [-0.05, 0) is 38.4 Å². The fraction of sp³-hybridized carbons (Fsp3) is 0.583. The van der Waals surface area contributed by atoms with Crippen molar-refractivity contribution in [1.29, 1.82) is 0 Å². The predicted octanol–water partition coefficient (Wildman–Crippen LogP) is 2.16. The number of nitrogens with zero attached hydrogens (tertiary/aromatic N) is 1. The minimum atomic E-state index is 0.328. The van der Waals surface area contributed by atoms with Gasteiger partial charge in [-0.3, -0.25) is 4.98 Å². The second kappa shape index (κ2) is 7.37. The zero-order chi connectivity index (χ0) is 10.9. The lowest BCUT2D eigenvalue weighted by Gasteiger charge is -2.12. The molecule has 0 saturated carbocycles. The van der Waals surface area contributed by atoms with Crippen molar-refractivity contribution < 1.29 is 4.74 Å². The van der Waals surface area contributed by atoms with E-state index in [0.717, 1.165) is 31.7 Å². The second-order valence-corrected chi connectivity index (χ2v) is 3.63. The fourth-order valence-corrected chi connectivity index (χ4v) is 1.43. The highest BCUT2D eigenvalue weighted by Gasteiger charge is 2.03. The summed E-state index contributed by atoms with van der Waals surface area (Å²) in [6.45, 7) is 4.00. The summed E-state index contributed by atoms with van der Waals surface area (Å²) in [5, 5.41) is 3.44. The number of hydrogen-bond acceptors (Lipinski definition) is 3. The van der Waals surface area contributed by atoms with Crippen LogP contribution in [0.15, 0.2) is 24.4 Å². The Balaban J connectivity index is 2.16. The average Bonchev–Trinajstić information content (AvgIpc) is 2.30. The molecule has 0 aliphatic rings. The van der Waals surface area contributed by atoms with Crippen molar-refractivity contribution in [2.45, 2.75) is 25.8 Å².